The minimum absolute atomic E-state index is 0.686. The molecular formula is C8H6INO. The first-order chi connectivity index (χ1) is 5.27. The van der Waals surface area contributed by atoms with Crippen LogP contribution in [0, 0.1) is 14.9 Å². The molecule has 3 heteroatoms. The maximum Gasteiger partial charge on any atom is 0.120 e. The lowest BCUT2D eigenvalue weighted by atomic mass is 10.2. The van der Waals surface area contributed by atoms with Crippen LogP contribution in [0.2, 0.25) is 0 Å². The zero-order valence-corrected chi connectivity index (χ0v) is 8.12. The van der Waals surface area contributed by atoms with E-state index in [0.29, 0.717) is 5.56 Å². The summed E-state index contributed by atoms with van der Waals surface area (Å²) in [4.78, 5) is 0. The minimum Gasteiger partial charge on any atom is -0.497 e. The zero-order chi connectivity index (χ0) is 8.27. The van der Waals surface area contributed by atoms with E-state index in [1.165, 1.54) is 0 Å². The van der Waals surface area contributed by atoms with Crippen molar-refractivity contribution in [3.8, 4) is 11.8 Å². The van der Waals surface area contributed by atoms with Crippen molar-refractivity contribution in [3.63, 3.8) is 0 Å². The first-order valence-corrected chi connectivity index (χ1v) is 4.09. The number of halogens is 1. The number of hydrogen-bond acceptors (Lipinski definition) is 2. The molecule has 56 valence electrons. The van der Waals surface area contributed by atoms with Crippen LogP contribution in [-0.2, 0) is 0 Å². The molecule has 0 saturated heterocycles. The highest BCUT2D eigenvalue weighted by Crippen LogP contribution is 2.18. The van der Waals surface area contributed by atoms with Crippen molar-refractivity contribution >= 4 is 22.6 Å². The van der Waals surface area contributed by atoms with Crippen LogP contribution in [-0.4, -0.2) is 7.11 Å². The minimum atomic E-state index is 0.686. The summed E-state index contributed by atoms with van der Waals surface area (Å²) < 4.78 is 5.90. The highest BCUT2D eigenvalue weighted by atomic mass is 127. The van der Waals surface area contributed by atoms with Crippen molar-refractivity contribution in [3.05, 3.63) is 27.3 Å². The van der Waals surface area contributed by atoms with Crippen LogP contribution in [0.5, 0.6) is 5.75 Å². The third-order valence-electron chi connectivity index (χ3n) is 1.30. The molecule has 0 N–H and O–H groups in total. The van der Waals surface area contributed by atoms with Crippen molar-refractivity contribution < 1.29 is 4.74 Å². The van der Waals surface area contributed by atoms with Crippen LogP contribution in [0.1, 0.15) is 5.56 Å². The Kier molecular flexibility index (Phi) is 2.71. The standard InChI is InChI=1S/C8H6INO/c1-11-7-3-2-6(5-10)8(9)4-7/h2-4H,1H3. The van der Waals surface area contributed by atoms with Crippen molar-refractivity contribution in [2.45, 2.75) is 0 Å². The summed E-state index contributed by atoms with van der Waals surface area (Å²) in [5, 5.41) is 8.59. The Balaban J connectivity index is 3.12. The summed E-state index contributed by atoms with van der Waals surface area (Å²) in [6, 6.07) is 7.45. The first kappa shape index (κ1) is 8.34. The number of hydrogen-bond donors (Lipinski definition) is 0. The van der Waals surface area contributed by atoms with E-state index in [1.807, 2.05) is 6.07 Å². The van der Waals surface area contributed by atoms with E-state index in [9.17, 15) is 0 Å². The molecule has 0 aliphatic heterocycles. The zero-order valence-electron chi connectivity index (χ0n) is 5.97. The molecule has 1 aromatic rings. The van der Waals surface area contributed by atoms with Gasteiger partial charge in [0.2, 0.25) is 0 Å². The quantitative estimate of drug-likeness (QED) is 0.724. The van der Waals surface area contributed by atoms with Gasteiger partial charge in [0.15, 0.2) is 0 Å². The fourth-order valence-corrected chi connectivity index (χ4v) is 1.32. The van der Waals surface area contributed by atoms with Gasteiger partial charge in [0, 0.05) is 3.57 Å². The Labute approximate surface area is 78.9 Å². The van der Waals surface area contributed by atoms with E-state index in [1.54, 1.807) is 19.2 Å². The smallest absolute Gasteiger partial charge is 0.120 e. The van der Waals surface area contributed by atoms with Gasteiger partial charge in [-0.05, 0) is 40.8 Å². The highest BCUT2D eigenvalue weighted by Gasteiger charge is 1.98. The second-order valence-electron chi connectivity index (χ2n) is 1.96. The summed E-state index contributed by atoms with van der Waals surface area (Å²) in [7, 11) is 1.61. The van der Waals surface area contributed by atoms with Gasteiger partial charge in [0.25, 0.3) is 0 Å². The molecule has 2 nitrogen and oxygen atoms in total. The average molecular weight is 259 g/mol. The van der Waals surface area contributed by atoms with Gasteiger partial charge in [-0.2, -0.15) is 5.26 Å². The van der Waals surface area contributed by atoms with Crippen LogP contribution in [0.25, 0.3) is 0 Å². The van der Waals surface area contributed by atoms with Crippen LogP contribution in [0.3, 0.4) is 0 Å². The lowest BCUT2D eigenvalue weighted by molar-refractivity contribution is 0.414. The van der Waals surface area contributed by atoms with Gasteiger partial charge in [0.05, 0.1) is 12.7 Å². The molecule has 1 rings (SSSR count). The predicted octanol–water partition coefficient (Wildman–Crippen LogP) is 2.17. The van der Waals surface area contributed by atoms with Gasteiger partial charge in [0.1, 0.15) is 11.8 Å². The average Bonchev–Trinajstić information content (AvgIpc) is 2.04. The fraction of sp³-hybridized carbons (Fsp3) is 0.125. The summed E-state index contributed by atoms with van der Waals surface area (Å²) in [5.41, 5.74) is 0.686. The third-order valence-corrected chi connectivity index (χ3v) is 2.19. The molecule has 0 saturated carbocycles. The van der Waals surface area contributed by atoms with E-state index in [2.05, 4.69) is 28.7 Å². The fourth-order valence-electron chi connectivity index (χ4n) is 0.713. The molecule has 0 heterocycles. The number of nitrogens with zero attached hydrogens (tertiary/aromatic N) is 1. The molecule has 0 unspecified atom stereocenters. The van der Waals surface area contributed by atoms with E-state index in [0.717, 1.165) is 9.32 Å². The Morgan fingerprint density at radius 1 is 1.55 bits per heavy atom. The van der Waals surface area contributed by atoms with Crippen LogP contribution < -0.4 is 4.74 Å². The predicted molar refractivity (Wildman–Crippen MR) is 50.4 cm³/mol. The van der Waals surface area contributed by atoms with Crippen molar-refractivity contribution in [1.82, 2.24) is 0 Å². The van der Waals surface area contributed by atoms with Crippen LogP contribution in [0.4, 0.5) is 0 Å². The Hall–Kier alpha value is -0.760. The van der Waals surface area contributed by atoms with Crippen molar-refractivity contribution in [2.24, 2.45) is 0 Å². The highest BCUT2D eigenvalue weighted by molar-refractivity contribution is 14.1. The molecule has 0 amide bonds. The molecule has 0 radical (unpaired) electrons. The molecule has 0 aliphatic rings. The lowest BCUT2D eigenvalue weighted by Gasteiger charge is -1.99. The topological polar surface area (TPSA) is 33.0 Å². The second-order valence-corrected chi connectivity index (χ2v) is 3.12. The number of ether oxygens (including phenoxy) is 1. The molecule has 0 aliphatic carbocycles. The van der Waals surface area contributed by atoms with E-state index in [4.69, 9.17) is 10.00 Å². The SMILES string of the molecule is COc1ccc(C#N)c(I)c1. The third kappa shape index (κ3) is 1.84. The van der Waals surface area contributed by atoms with Gasteiger partial charge in [-0.25, -0.2) is 0 Å². The molecule has 0 spiro atoms. The Morgan fingerprint density at radius 2 is 2.27 bits per heavy atom. The molecule has 0 bridgehead atoms. The Bertz CT molecular complexity index is 303. The van der Waals surface area contributed by atoms with Gasteiger partial charge < -0.3 is 4.74 Å². The Morgan fingerprint density at radius 3 is 2.73 bits per heavy atom. The van der Waals surface area contributed by atoms with E-state index in [-0.39, 0.29) is 0 Å². The van der Waals surface area contributed by atoms with Crippen molar-refractivity contribution in [2.75, 3.05) is 7.11 Å². The van der Waals surface area contributed by atoms with E-state index >= 15 is 0 Å². The number of nitriles is 1. The molecular weight excluding hydrogens is 253 g/mol. The largest absolute Gasteiger partial charge is 0.497 e. The van der Waals surface area contributed by atoms with Gasteiger partial charge in [-0.15, -0.1) is 0 Å². The number of benzene rings is 1. The van der Waals surface area contributed by atoms with Crippen LogP contribution >= 0.6 is 22.6 Å². The first-order valence-electron chi connectivity index (χ1n) is 3.01. The summed E-state index contributed by atoms with van der Waals surface area (Å²) in [6.07, 6.45) is 0. The maximum atomic E-state index is 8.59. The van der Waals surface area contributed by atoms with Gasteiger partial charge in [-0.1, -0.05) is 0 Å². The molecule has 0 fully saturated rings. The van der Waals surface area contributed by atoms with Gasteiger partial charge in [-0.3, -0.25) is 0 Å². The number of rotatable bonds is 1. The number of methoxy groups -OCH3 is 1. The van der Waals surface area contributed by atoms with E-state index < -0.39 is 0 Å². The summed E-state index contributed by atoms with van der Waals surface area (Å²) >= 11 is 2.11. The summed E-state index contributed by atoms with van der Waals surface area (Å²) in [6.45, 7) is 0. The molecule has 0 aromatic heterocycles. The lowest BCUT2D eigenvalue weighted by Crippen LogP contribution is -1.85. The monoisotopic (exact) mass is 259 g/mol. The maximum absolute atomic E-state index is 8.59. The van der Waals surface area contributed by atoms with Crippen LogP contribution in [0.15, 0.2) is 18.2 Å². The van der Waals surface area contributed by atoms with Gasteiger partial charge >= 0.3 is 0 Å². The second kappa shape index (κ2) is 3.58. The van der Waals surface area contributed by atoms with Crippen molar-refractivity contribution in [1.29, 1.82) is 5.26 Å². The normalized spacial score (nSPS) is 8.82. The summed E-state index contributed by atoms with van der Waals surface area (Å²) in [5.74, 6) is 0.786. The molecule has 1 aromatic carbocycles. The molecule has 0 atom stereocenters. The molecule has 11 heavy (non-hydrogen) atoms.